The van der Waals surface area contributed by atoms with Gasteiger partial charge in [0.05, 0.1) is 11.7 Å². The lowest BCUT2D eigenvalue weighted by Gasteiger charge is -2.24. The van der Waals surface area contributed by atoms with E-state index in [9.17, 15) is 9.59 Å². The molecule has 0 aliphatic carbocycles. The fraction of sp³-hybridized carbons (Fsp3) is 0.533. The van der Waals surface area contributed by atoms with Gasteiger partial charge >= 0.3 is 6.03 Å². The van der Waals surface area contributed by atoms with E-state index in [1.165, 1.54) is 0 Å². The molecule has 0 bridgehead atoms. The van der Waals surface area contributed by atoms with Crippen LogP contribution in [0.3, 0.4) is 0 Å². The van der Waals surface area contributed by atoms with Crippen LogP contribution in [0.25, 0.3) is 0 Å². The minimum absolute atomic E-state index is 0.0686. The summed E-state index contributed by atoms with van der Waals surface area (Å²) in [5.41, 5.74) is 0.839. The first-order valence-electron chi connectivity index (χ1n) is 7.30. The highest BCUT2D eigenvalue weighted by atomic mass is 16.2. The second-order valence-electron chi connectivity index (χ2n) is 5.27. The van der Waals surface area contributed by atoms with Gasteiger partial charge in [-0.1, -0.05) is 6.07 Å². The summed E-state index contributed by atoms with van der Waals surface area (Å²) in [4.78, 5) is 31.5. The Hall–Kier alpha value is -2.11. The summed E-state index contributed by atoms with van der Waals surface area (Å²) in [5.74, 6) is 0.0686. The molecule has 0 unspecified atom stereocenters. The second kappa shape index (κ2) is 7.06. The number of nitrogens with zero attached hydrogens (tertiary/aromatic N) is 3. The molecule has 1 N–H and O–H groups in total. The van der Waals surface area contributed by atoms with E-state index >= 15 is 0 Å². The molecule has 0 aromatic carbocycles. The molecule has 1 fully saturated rings. The third-order valence-electron chi connectivity index (χ3n) is 3.70. The number of pyridine rings is 1. The maximum absolute atomic E-state index is 12.3. The summed E-state index contributed by atoms with van der Waals surface area (Å²) in [6.45, 7) is 6.04. The van der Waals surface area contributed by atoms with E-state index in [4.69, 9.17) is 0 Å². The predicted octanol–water partition coefficient (Wildman–Crippen LogP) is 1.41. The number of hydrogen-bond acceptors (Lipinski definition) is 3. The Morgan fingerprint density at radius 1 is 1.19 bits per heavy atom. The summed E-state index contributed by atoms with van der Waals surface area (Å²) in [7, 11) is 0. The van der Waals surface area contributed by atoms with Crippen molar-refractivity contribution >= 4 is 11.9 Å². The van der Waals surface area contributed by atoms with Crippen molar-refractivity contribution in [2.24, 2.45) is 0 Å². The fourth-order valence-electron chi connectivity index (χ4n) is 2.42. The zero-order valence-electron chi connectivity index (χ0n) is 12.6. The van der Waals surface area contributed by atoms with Crippen molar-refractivity contribution in [3.63, 3.8) is 0 Å². The maximum Gasteiger partial charge on any atom is 0.317 e. The molecule has 6 heteroatoms. The first kappa shape index (κ1) is 15.3. The fourth-order valence-corrected chi connectivity index (χ4v) is 2.42. The van der Waals surface area contributed by atoms with Crippen LogP contribution in [0.1, 0.15) is 32.0 Å². The third-order valence-corrected chi connectivity index (χ3v) is 3.70. The van der Waals surface area contributed by atoms with Crippen LogP contribution in [0.2, 0.25) is 0 Å². The number of carbonyl (C=O) groups excluding carboxylic acids is 2. The lowest BCUT2D eigenvalue weighted by atomic mass is 10.2. The van der Waals surface area contributed by atoms with E-state index in [1.54, 1.807) is 22.9 Å². The number of aromatic nitrogens is 1. The Bertz CT molecular complexity index is 492. The highest BCUT2D eigenvalue weighted by molar-refractivity contribution is 5.75. The number of urea groups is 1. The summed E-state index contributed by atoms with van der Waals surface area (Å²) >= 11 is 0. The zero-order valence-corrected chi connectivity index (χ0v) is 12.6. The van der Waals surface area contributed by atoms with Crippen LogP contribution in [0.5, 0.6) is 0 Å². The van der Waals surface area contributed by atoms with Crippen molar-refractivity contribution in [1.82, 2.24) is 20.1 Å². The van der Waals surface area contributed by atoms with Gasteiger partial charge in [0.25, 0.3) is 0 Å². The van der Waals surface area contributed by atoms with Crippen LogP contribution < -0.4 is 5.32 Å². The molecule has 0 radical (unpaired) electrons. The Balaban J connectivity index is 1.90. The monoisotopic (exact) mass is 290 g/mol. The average molecular weight is 290 g/mol. The maximum atomic E-state index is 12.3. The van der Waals surface area contributed by atoms with Crippen molar-refractivity contribution in [1.29, 1.82) is 0 Å². The highest BCUT2D eigenvalue weighted by Crippen LogP contribution is 2.10. The highest BCUT2D eigenvalue weighted by Gasteiger charge is 2.21. The Labute approximate surface area is 125 Å². The van der Waals surface area contributed by atoms with Gasteiger partial charge in [0.1, 0.15) is 0 Å². The Morgan fingerprint density at radius 3 is 2.57 bits per heavy atom. The summed E-state index contributed by atoms with van der Waals surface area (Å²) < 4.78 is 0. The van der Waals surface area contributed by atoms with Crippen molar-refractivity contribution in [2.75, 3.05) is 26.2 Å². The van der Waals surface area contributed by atoms with E-state index in [0.717, 1.165) is 18.7 Å². The van der Waals surface area contributed by atoms with Crippen LogP contribution in [-0.2, 0) is 4.79 Å². The van der Waals surface area contributed by atoms with Crippen molar-refractivity contribution in [3.8, 4) is 0 Å². The van der Waals surface area contributed by atoms with Crippen molar-refractivity contribution in [2.45, 2.75) is 26.3 Å². The molecule has 1 aliphatic rings. The van der Waals surface area contributed by atoms with E-state index in [2.05, 4.69) is 10.3 Å². The SMILES string of the molecule is CC(=O)N1CCCN(C(=O)N[C@H](C)c2ccccn2)CC1. The largest absolute Gasteiger partial charge is 0.341 e. The van der Waals surface area contributed by atoms with Crippen LogP contribution in [0.15, 0.2) is 24.4 Å². The molecule has 0 spiro atoms. The summed E-state index contributed by atoms with van der Waals surface area (Å²) in [6.07, 6.45) is 2.53. The topological polar surface area (TPSA) is 65.5 Å². The standard InChI is InChI=1S/C15H22N4O2/c1-12(14-6-3-4-7-16-14)17-15(21)19-9-5-8-18(10-11-19)13(2)20/h3-4,6-7,12H,5,8-11H2,1-2H3,(H,17,21)/t12-/m1/s1. The van der Waals surface area contributed by atoms with Crippen LogP contribution in [0, 0.1) is 0 Å². The molecule has 21 heavy (non-hydrogen) atoms. The van der Waals surface area contributed by atoms with Gasteiger partial charge in [-0.3, -0.25) is 9.78 Å². The molecule has 2 rings (SSSR count). The van der Waals surface area contributed by atoms with E-state index in [1.807, 2.05) is 25.1 Å². The zero-order chi connectivity index (χ0) is 15.2. The minimum Gasteiger partial charge on any atom is -0.341 e. The van der Waals surface area contributed by atoms with Crippen LogP contribution in [-0.4, -0.2) is 52.9 Å². The van der Waals surface area contributed by atoms with Crippen molar-refractivity contribution in [3.05, 3.63) is 30.1 Å². The molecule has 1 aromatic heterocycles. The van der Waals surface area contributed by atoms with Crippen molar-refractivity contribution < 1.29 is 9.59 Å². The van der Waals surface area contributed by atoms with Crippen LogP contribution >= 0.6 is 0 Å². The van der Waals surface area contributed by atoms with Gasteiger partial charge in [0, 0.05) is 39.3 Å². The van der Waals surface area contributed by atoms with Gasteiger partial charge in [-0.05, 0) is 25.5 Å². The first-order valence-corrected chi connectivity index (χ1v) is 7.30. The molecule has 0 saturated carbocycles. The number of rotatable bonds is 2. The molecule has 114 valence electrons. The number of nitrogens with one attached hydrogen (secondary N) is 1. The van der Waals surface area contributed by atoms with Crippen LogP contribution in [0.4, 0.5) is 4.79 Å². The van der Waals surface area contributed by atoms with E-state index in [0.29, 0.717) is 19.6 Å². The first-order chi connectivity index (χ1) is 10.1. The molecular formula is C15H22N4O2. The van der Waals surface area contributed by atoms with Gasteiger partial charge in [0.15, 0.2) is 0 Å². The second-order valence-corrected chi connectivity index (χ2v) is 5.27. The number of carbonyl (C=O) groups is 2. The van der Waals surface area contributed by atoms with Gasteiger partial charge in [-0.2, -0.15) is 0 Å². The quantitative estimate of drug-likeness (QED) is 0.895. The van der Waals surface area contributed by atoms with Gasteiger partial charge < -0.3 is 15.1 Å². The molecule has 3 amide bonds. The Kier molecular flexibility index (Phi) is 5.14. The Morgan fingerprint density at radius 2 is 1.90 bits per heavy atom. The molecule has 1 aliphatic heterocycles. The van der Waals surface area contributed by atoms with Gasteiger partial charge in [-0.15, -0.1) is 0 Å². The molecule has 1 atom stereocenters. The van der Waals surface area contributed by atoms with E-state index < -0.39 is 0 Å². The molecule has 1 aromatic rings. The van der Waals surface area contributed by atoms with E-state index in [-0.39, 0.29) is 18.0 Å². The number of hydrogen-bond donors (Lipinski definition) is 1. The lowest BCUT2D eigenvalue weighted by molar-refractivity contribution is -0.128. The molecule has 1 saturated heterocycles. The summed E-state index contributed by atoms with van der Waals surface area (Å²) in [6, 6.07) is 5.42. The average Bonchev–Trinajstić information content (AvgIpc) is 2.74. The van der Waals surface area contributed by atoms with Gasteiger partial charge in [0.2, 0.25) is 5.91 Å². The molecule has 2 heterocycles. The van der Waals surface area contributed by atoms with Gasteiger partial charge in [-0.25, -0.2) is 4.79 Å². The summed E-state index contributed by atoms with van der Waals surface area (Å²) in [5, 5.41) is 2.96. The molecule has 6 nitrogen and oxygen atoms in total. The lowest BCUT2D eigenvalue weighted by Crippen LogP contribution is -2.43. The molecular weight excluding hydrogens is 268 g/mol. The number of amides is 3. The predicted molar refractivity (Wildman–Crippen MR) is 79.6 cm³/mol. The normalized spacial score (nSPS) is 17.0. The smallest absolute Gasteiger partial charge is 0.317 e. The minimum atomic E-state index is -0.133. The third kappa shape index (κ3) is 4.18.